The zero-order valence-corrected chi connectivity index (χ0v) is 17.1. The number of non-ortho nitro benzene ring substituents is 1. The zero-order valence-electron chi connectivity index (χ0n) is 17.1. The SMILES string of the molecule is CCc1ccc(N2C(=O)c3ccc(C(=O)OCc4ccc([N+](=O)[O-])cc4)cc3C2=O)cc1. The zero-order chi connectivity index (χ0) is 22.8. The van der Waals surface area contributed by atoms with E-state index in [0.717, 1.165) is 16.9 Å². The molecule has 8 heteroatoms. The van der Waals surface area contributed by atoms with Crippen molar-refractivity contribution >= 4 is 29.2 Å². The third-order valence-corrected chi connectivity index (χ3v) is 5.24. The van der Waals surface area contributed by atoms with Crippen LogP contribution in [0.25, 0.3) is 0 Å². The van der Waals surface area contributed by atoms with Gasteiger partial charge in [-0.2, -0.15) is 0 Å². The number of hydrogen-bond donors (Lipinski definition) is 0. The van der Waals surface area contributed by atoms with Crippen LogP contribution in [0.3, 0.4) is 0 Å². The topological polar surface area (TPSA) is 107 Å². The summed E-state index contributed by atoms with van der Waals surface area (Å²) < 4.78 is 5.25. The van der Waals surface area contributed by atoms with Crippen LogP contribution in [-0.2, 0) is 17.8 Å². The highest BCUT2D eigenvalue weighted by Gasteiger charge is 2.37. The number of esters is 1. The molecule has 0 bridgehead atoms. The molecule has 3 aromatic carbocycles. The van der Waals surface area contributed by atoms with Crippen LogP contribution in [0.5, 0.6) is 0 Å². The Labute approximate surface area is 183 Å². The Morgan fingerprint density at radius 2 is 1.53 bits per heavy atom. The molecule has 1 aliphatic rings. The summed E-state index contributed by atoms with van der Waals surface area (Å²) >= 11 is 0. The standard InChI is InChI=1S/C24H18N2O6/c1-2-15-3-8-18(9-4-15)25-22(27)20-12-7-17(13-21(20)23(25)28)24(29)32-14-16-5-10-19(11-6-16)26(30)31/h3-13H,2,14H2,1H3. The van der Waals surface area contributed by atoms with E-state index in [-0.39, 0.29) is 29.0 Å². The minimum atomic E-state index is -0.669. The van der Waals surface area contributed by atoms with Gasteiger partial charge >= 0.3 is 5.97 Å². The largest absolute Gasteiger partial charge is 0.457 e. The van der Waals surface area contributed by atoms with Crippen LogP contribution in [0.1, 0.15) is 49.1 Å². The van der Waals surface area contributed by atoms with Crippen molar-refractivity contribution in [2.24, 2.45) is 0 Å². The molecule has 0 spiro atoms. The molecule has 0 fully saturated rings. The average molecular weight is 430 g/mol. The molecule has 0 aliphatic carbocycles. The van der Waals surface area contributed by atoms with Crippen LogP contribution in [0.4, 0.5) is 11.4 Å². The van der Waals surface area contributed by atoms with Crippen molar-refractivity contribution < 1.29 is 24.0 Å². The number of hydrogen-bond acceptors (Lipinski definition) is 6. The summed E-state index contributed by atoms with van der Waals surface area (Å²) in [6.07, 6.45) is 0.841. The number of benzene rings is 3. The Hall–Kier alpha value is -4.33. The van der Waals surface area contributed by atoms with Gasteiger partial charge in [0, 0.05) is 12.1 Å². The Balaban J connectivity index is 1.50. The molecule has 0 N–H and O–H groups in total. The van der Waals surface area contributed by atoms with Gasteiger partial charge in [0.05, 0.1) is 27.3 Å². The van der Waals surface area contributed by atoms with E-state index in [1.54, 1.807) is 12.1 Å². The van der Waals surface area contributed by atoms with Crippen molar-refractivity contribution in [3.63, 3.8) is 0 Å². The molecule has 0 saturated heterocycles. The van der Waals surface area contributed by atoms with Crippen LogP contribution < -0.4 is 4.90 Å². The number of imide groups is 1. The van der Waals surface area contributed by atoms with Crippen molar-refractivity contribution in [2.75, 3.05) is 4.90 Å². The first-order valence-electron chi connectivity index (χ1n) is 9.91. The number of carbonyl (C=O) groups excluding carboxylic acids is 3. The van der Waals surface area contributed by atoms with Gasteiger partial charge in [-0.15, -0.1) is 0 Å². The number of nitrogens with zero attached hydrogens (tertiary/aromatic N) is 2. The first-order valence-corrected chi connectivity index (χ1v) is 9.91. The number of fused-ring (bicyclic) bond motifs is 1. The molecular weight excluding hydrogens is 412 g/mol. The van der Waals surface area contributed by atoms with Crippen molar-refractivity contribution in [1.29, 1.82) is 0 Å². The van der Waals surface area contributed by atoms with Gasteiger partial charge in [-0.05, 0) is 60.0 Å². The summed E-state index contributed by atoms with van der Waals surface area (Å²) in [5.41, 5.74) is 2.57. The van der Waals surface area contributed by atoms with Crippen LogP contribution in [0.15, 0.2) is 66.7 Å². The minimum absolute atomic E-state index is 0.0595. The number of carbonyl (C=O) groups is 3. The molecular formula is C24H18N2O6. The van der Waals surface area contributed by atoms with Gasteiger partial charge in [-0.3, -0.25) is 19.7 Å². The van der Waals surface area contributed by atoms with Crippen molar-refractivity contribution in [3.8, 4) is 0 Å². The summed E-state index contributed by atoms with van der Waals surface area (Å²) in [7, 11) is 0. The molecule has 0 atom stereocenters. The first-order chi connectivity index (χ1) is 15.4. The maximum absolute atomic E-state index is 12.9. The normalized spacial score (nSPS) is 12.6. The van der Waals surface area contributed by atoms with E-state index in [4.69, 9.17) is 4.74 Å². The lowest BCUT2D eigenvalue weighted by Gasteiger charge is -2.14. The second kappa shape index (κ2) is 8.43. The van der Waals surface area contributed by atoms with Crippen LogP contribution in [0, 0.1) is 10.1 Å². The number of nitro benzene ring substituents is 1. The van der Waals surface area contributed by atoms with Crippen molar-refractivity contribution in [1.82, 2.24) is 0 Å². The van der Waals surface area contributed by atoms with E-state index >= 15 is 0 Å². The van der Waals surface area contributed by atoms with E-state index in [2.05, 4.69) is 0 Å². The lowest BCUT2D eigenvalue weighted by molar-refractivity contribution is -0.384. The smallest absolute Gasteiger partial charge is 0.338 e. The Kier molecular flexibility index (Phi) is 5.51. The van der Waals surface area contributed by atoms with E-state index < -0.39 is 22.7 Å². The van der Waals surface area contributed by atoms with Crippen LogP contribution in [-0.4, -0.2) is 22.7 Å². The van der Waals surface area contributed by atoms with E-state index in [1.807, 2.05) is 19.1 Å². The third-order valence-electron chi connectivity index (χ3n) is 5.24. The lowest BCUT2D eigenvalue weighted by Crippen LogP contribution is -2.29. The first kappa shape index (κ1) is 20.9. The fourth-order valence-corrected chi connectivity index (χ4v) is 3.43. The highest BCUT2D eigenvalue weighted by Crippen LogP contribution is 2.29. The lowest BCUT2D eigenvalue weighted by atomic mass is 10.1. The quantitative estimate of drug-likeness (QED) is 0.250. The number of ether oxygens (including phenoxy) is 1. The second-order valence-electron chi connectivity index (χ2n) is 7.23. The Bertz CT molecular complexity index is 1230. The monoisotopic (exact) mass is 430 g/mol. The second-order valence-corrected chi connectivity index (χ2v) is 7.23. The summed E-state index contributed by atoms with van der Waals surface area (Å²) in [6.45, 7) is 1.93. The highest BCUT2D eigenvalue weighted by molar-refractivity contribution is 6.34. The van der Waals surface area contributed by atoms with E-state index in [1.165, 1.54) is 42.5 Å². The van der Waals surface area contributed by atoms with E-state index in [9.17, 15) is 24.5 Å². The molecule has 2 amide bonds. The summed E-state index contributed by atoms with van der Waals surface area (Å²) in [5.74, 6) is -1.61. The van der Waals surface area contributed by atoms with Crippen LogP contribution >= 0.6 is 0 Å². The average Bonchev–Trinajstić information content (AvgIpc) is 3.07. The van der Waals surface area contributed by atoms with Gasteiger partial charge in [0.25, 0.3) is 17.5 Å². The molecule has 160 valence electrons. The number of anilines is 1. The van der Waals surface area contributed by atoms with E-state index in [0.29, 0.717) is 11.3 Å². The molecule has 0 aromatic heterocycles. The van der Waals surface area contributed by atoms with Gasteiger partial charge in [0.1, 0.15) is 6.61 Å². The molecule has 1 aliphatic heterocycles. The molecule has 3 aromatic rings. The van der Waals surface area contributed by atoms with Gasteiger partial charge in [0.2, 0.25) is 0 Å². The number of amides is 2. The number of rotatable bonds is 6. The third kappa shape index (κ3) is 3.85. The van der Waals surface area contributed by atoms with Gasteiger partial charge in [-0.25, -0.2) is 9.69 Å². The summed E-state index contributed by atoms with van der Waals surface area (Å²) in [5, 5.41) is 10.7. The molecule has 8 nitrogen and oxygen atoms in total. The Morgan fingerprint density at radius 1 is 0.906 bits per heavy atom. The van der Waals surface area contributed by atoms with Crippen molar-refractivity contribution in [3.05, 3.63) is 105 Å². The fourth-order valence-electron chi connectivity index (χ4n) is 3.43. The van der Waals surface area contributed by atoms with Gasteiger partial charge < -0.3 is 4.74 Å². The maximum Gasteiger partial charge on any atom is 0.338 e. The molecule has 0 saturated carbocycles. The minimum Gasteiger partial charge on any atom is -0.457 e. The number of aryl methyl sites for hydroxylation is 1. The predicted molar refractivity (Wildman–Crippen MR) is 116 cm³/mol. The van der Waals surface area contributed by atoms with Crippen molar-refractivity contribution in [2.45, 2.75) is 20.0 Å². The molecule has 1 heterocycles. The number of nitro groups is 1. The summed E-state index contributed by atoms with van der Waals surface area (Å²) in [4.78, 5) is 49.4. The van der Waals surface area contributed by atoms with Gasteiger partial charge in [-0.1, -0.05) is 19.1 Å². The predicted octanol–water partition coefficient (Wildman–Crippen LogP) is 4.31. The molecule has 0 unspecified atom stereocenters. The molecule has 0 radical (unpaired) electrons. The van der Waals surface area contributed by atoms with Gasteiger partial charge in [0.15, 0.2) is 0 Å². The summed E-state index contributed by atoms with van der Waals surface area (Å²) in [6, 6.07) is 17.0. The molecule has 32 heavy (non-hydrogen) atoms. The van der Waals surface area contributed by atoms with Crippen LogP contribution in [0.2, 0.25) is 0 Å². The fraction of sp³-hybridized carbons (Fsp3) is 0.125. The highest BCUT2D eigenvalue weighted by atomic mass is 16.6. The maximum atomic E-state index is 12.9. The molecule has 4 rings (SSSR count). The Morgan fingerprint density at radius 3 is 2.16 bits per heavy atom.